The molecule has 4 nitrogen and oxygen atoms in total. The van der Waals surface area contributed by atoms with Crippen LogP contribution in [0.3, 0.4) is 0 Å². The number of ether oxygens (including phenoxy) is 1. The number of hydrogen-bond donors (Lipinski definition) is 2. The van der Waals surface area contributed by atoms with Crippen molar-refractivity contribution in [2.75, 3.05) is 5.32 Å². The average Bonchev–Trinajstić information content (AvgIpc) is 2.50. The summed E-state index contributed by atoms with van der Waals surface area (Å²) in [6, 6.07) is 14.9. The highest BCUT2D eigenvalue weighted by atomic mass is 79.9. The maximum absolute atomic E-state index is 12.1. The van der Waals surface area contributed by atoms with Crippen molar-refractivity contribution in [3.63, 3.8) is 0 Å². The van der Waals surface area contributed by atoms with Crippen LogP contribution in [0.5, 0.6) is 5.75 Å². The van der Waals surface area contributed by atoms with Gasteiger partial charge >= 0.3 is 0 Å². The second kappa shape index (κ2) is 7.24. The van der Waals surface area contributed by atoms with Crippen LogP contribution in [0, 0.1) is 0 Å². The lowest BCUT2D eigenvalue weighted by atomic mass is 10.2. The molecule has 0 saturated heterocycles. The van der Waals surface area contributed by atoms with Gasteiger partial charge in [-0.2, -0.15) is 0 Å². The van der Waals surface area contributed by atoms with Crippen molar-refractivity contribution in [3.05, 3.63) is 58.6 Å². The minimum Gasteiger partial charge on any atom is -0.480 e. The van der Waals surface area contributed by atoms with Gasteiger partial charge in [0.1, 0.15) is 5.75 Å². The molecule has 2 aromatic carbocycles. The number of anilines is 1. The quantitative estimate of drug-likeness (QED) is 0.870. The monoisotopic (exact) mass is 348 g/mol. The van der Waals surface area contributed by atoms with Gasteiger partial charge in [0, 0.05) is 12.2 Å². The van der Waals surface area contributed by atoms with Crippen LogP contribution < -0.4 is 15.8 Å². The molecule has 0 spiro atoms. The van der Waals surface area contributed by atoms with E-state index in [1.807, 2.05) is 42.5 Å². The Bertz CT molecular complexity index is 617. The SMILES string of the molecule is CC(Oc1ccc(CN)cc1Br)C(=O)Nc1ccccc1. The maximum atomic E-state index is 12.1. The summed E-state index contributed by atoms with van der Waals surface area (Å²) >= 11 is 3.42. The van der Waals surface area contributed by atoms with E-state index in [1.54, 1.807) is 13.0 Å². The molecular weight excluding hydrogens is 332 g/mol. The summed E-state index contributed by atoms with van der Waals surface area (Å²) in [5.74, 6) is 0.416. The molecule has 110 valence electrons. The highest BCUT2D eigenvalue weighted by molar-refractivity contribution is 9.10. The summed E-state index contributed by atoms with van der Waals surface area (Å²) in [6.07, 6.45) is -0.606. The summed E-state index contributed by atoms with van der Waals surface area (Å²) in [6.45, 7) is 2.17. The Morgan fingerprint density at radius 2 is 2.00 bits per heavy atom. The van der Waals surface area contributed by atoms with Crippen molar-refractivity contribution in [1.82, 2.24) is 0 Å². The van der Waals surface area contributed by atoms with E-state index in [9.17, 15) is 4.79 Å². The predicted octanol–water partition coefficient (Wildman–Crippen LogP) is 3.31. The van der Waals surface area contributed by atoms with Crippen LogP contribution in [-0.2, 0) is 11.3 Å². The van der Waals surface area contributed by atoms with Crippen molar-refractivity contribution in [2.24, 2.45) is 5.73 Å². The highest BCUT2D eigenvalue weighted by Crippen LogP contribution is 2.27. The molecule has 1 unspecified atom stereocenters. The fourth-order valence-electron chi connectivity index (χ4n) is 1.78. The summed E-state index contributed by atoms with van der Waals surface area (Å²) in [5.41, 5.74) is 7.32. The molecule has 1 amide bonds. The number of nitrogens with two attached hydrogens (primary N) is 1. The Morgan fingerprint density at radius 3 is 2.62 bits per heavy atom. The number of benzene rings is 2. The van der Waals surface area contributed by atoms with Gasteiger partial charge in [-0.3, -0.25) is 4.79 Å². The number of rotatable bonds is 5. The third-order valence-electron chi connectivity index (χ3n) is 2.95. The van der Waals surface area contributed by atoms with Crippen molar-refractivity contribution in [2.45, 2.75) is 19.6 Å². The van der Waals surface area contributed by atoms with Crippen LogP contribution in [0.15, 0.2) is 53.0 Å². The van der Waals surface area contributed by atoms with E-state index < -0.39 is 6.10 Å². The summed E-state index contributed by atoms with van der Waals surface area (Å²) in [5, 5.41) is 2.80. The highest BCUT2D eigenvalue weighted by Gasteiger charge is 2.16. The molecule has 0 aromatic heterocycles. The molecule has 5 heteroatoms. The first-order chi connectivity index (χ1) is 10.1. The molecular formula is C16H17BrN2O2. The zero-order valence-corrected chi connectivity index (χ0v) is 13.3. The number of halogens is 1. The molecule has 0 radical (unpaired) electrons. The number of carbonyl (C=O) groups excluding carboxylic acids is 1. The first-order valence-corrected chi connectivity index (χ1v) is 7.40. The van der Waals surface area contributed by atoms with E-state index >= 15 is 0 Å². The number of para-hydroxylation sites is 1. The number of hydrogen-bond acceptors (Lipinski definition) is 3. The minimum atomic E-state index is -0.606. The zero-order valence-electron chi connectivity index (χ0n) is 11.7. The third-order valence-corrected chi connectivity index (χ3v) is 3.57. The van der Waals surface area contributed by atoms with Crippen molar-refractivity contribution in [1.29, 1.82) is 0 Å². The summed E-state index contributed by atoms with van der Waals surface area (Å²) in [7, 11) is 0. The van der Waals surface area contributed by atoms with E-state index in [0.717, 1.165) is 15.7 Å². The van der Waals surface area contributed by atoms with E-state index in [-0.39, 0.29) is 5.91 Å². The topological polar surface area (TPSA) is 64.3 Å². The smallest absolute Gasteiger partial charge is 0.265 e. The Balaban J connectivity index is 2.00. The second-order valence-corrected chi connectivity index (χ2v) is 5.44. The van der Waals surface area contributed by atoms with E-state index in [2.05, 4.69) is 21.2 Å². The Morgan fingerprint density at radius 1 is 1.29 bits per heavy atom. The number of carbonyl (C=O) groups is 1. The van der Waals surface area contributed by atoms with Crippen LogP contribution in [0.4, 0.5) is 5.69 Å². The summed E-state index contributed by atoms with van der Waals surface area (Å²) < 4.78 is 6.46. The van der Waals surface area contributed by atoms with Gasteiger partial charge in [-0.25, -0.2) is 0 Å². The molecule has 0 aliphatic heterocycles. The van der Waals surface area contributed by atoms with Gasteiger partial charge in [-0.15, -0.1) is 0 Å². The maximum Gasteiger partial charge on any atom is 0.265 e. The lowest BCUT2D eigenvalue weighted by Gasteiger charge is -2.16. The van der Waals surface area contributed by atoms with Crippen LogP contribution >= 0.6 is 15.9 Å². The molecule has 0 aliphatic carbocycles. The van der Waals surface area contributed by atoms with Gasteiger partial charge < -0.3 is 15.8 Å². The molecule has 0 fully saturated rings. The Hall–Kier alpha value is -1.85. The van der Waals surface area contributed by atoms with Gasteiger partial charge in [-0.1, -0.05) is 24.3 Å². The van der Waals surface area contributed by atoms with Gasteiger partial charge in [0.05, 0.1) is 4.47 Å². The number of amides is 1. The van der Waals surface area contributed by atoms with Crippen LogP contribution in [-0.4, -0.2) is 12.0 Å². The van der Waals surface area contributed by atoms with Gasteiger partial charge in [0.25, 0.3) is 5.91 Å². The van der Waals surface area contributed by atoms with E-state index in [0.29, 0.717) is 12.3 Å². The van der Waals surface area contributed by atoms with Gasteiger partial charge in [-0.05, 0) is 52.7 Å². The molecule has 0 saturated carbocycles. The normalized spacial score (nSPS) is 11.8. The molecule has 2 rings (SSSR count). The minimum absolute atomic E-state index is 0.198. The molecule has 3 N–H and O–H groups in total. The first-order valence-electron chi connectivity index (χ1n) is 6.61. The predicted molar refractivity (Wildman–Crippen MR) is 87.2 cm³/mol. The molecule has 0 bridgehead atoms. The molecule has 0 heterocycles. The number of nitrogens with one attached hydrogen (secondary N) is 1. The fourth-order valence-corrected chi connectivity index (χ4v) is 2.30. The van der Waals surface area contributed by atoms with Crippen molar-refractivity contribution in [3.8, 4) is 5.75 Å². The molecule has 1 atom stereocenters. The molecule has 2 aromatic rings. The third kappa shape index (κ3) is 4.31. The average molecular weight is 349 g/mol. The van der Waals surface area contributed by atoms with Crippen molar-refractivity contribution >= 4 is 27.5 Å². The van der Waals surface area contributed by atoms with Crippen molar-refractivity contribution < 1.29 is 9.53 Å². The Labute approximate surface area is 132 Å². The largest absolute Gasteiger partial charge is 0.480 e. The van der Waals surface area contributed by atoms with Gasteiger partial charge in [0.15, 0.2) is 6.10 Å². The van der Waals surface area contributed by atoms with Crippen LogP contribution in [0.1, 0.15) is 12.5 Å². The van der Waals surface area contributed by atoms with Crippen LogP contribution in [0.25, 0.3) is 0 Å². The standard InChI is InChI=1S/C16H17BrN2O2/c1-11(16(20)19-13-5-3-2-4-6-13)21-15-8-7-12(10-18)9-14(15)17/h2-9,11H,10,18H2,1H3,(H,19,20). The first kappa shape index (κ1) is 15.5. The molecule has 0 aliphatic rings. The molecule has 21 heavy (non-hydrogen) atoms. The van der Waals surface area contributed by atoms with E-state index in [1.165, 1.54) is 0 Å². The lowest BCUT2D eigenvalue weighted by Crippen LogP contribution is -2.30. The van der Waals surface area contributed by atoms with Gasteiger partial charge in [0.2, 0.25) is 0 Å². The fraction of sp³-hybridized carbons (Fsp3) is 0.188. The second-order valence-electron chi connectivity index (χ2n) is 4.58. The van der Waals surface area contributed by atoms with Crippen LogP contribution in [0.2, 0.25) is 0 Å². The summed E-state index contributed by atoms with van der Waals surface area (Å²) in [4.78, 5) is 12.1. The Kier molecular flexibility index (Phi) is 5.36. The zero-order chi connectivity index (χ0) is 15.2. The lowest BCUT2D eigenvalue weighted by molar-refractivity contribution is -0.122. The van der Waals surface area contributed by atoms with E-state index in [4.69, 9.17) is 10.5 Å².